The summed E-state index contributed by atoms with van der Waals surface area (Å²) in [7, 11) is 0. The molecule has 102 valence electrons. The van der Waals surface area contributed by atoms with E-state index in [0.29, 0.717) is 6.54 Å². The largest absolute Gasteiger partial charge is 0.395 e. The molecule has 0 aliphatic carbocycles. The monoisotopic (exact) mass is 264 g/mol. The molecule has 0 fully saturated rings. The summed E-state index contributed by atoms with van der Waals surface area (Å²) in [5.41, 5.74) is 0. The molecule has 1 heterocycles. The third-order valence-electron chi connectivity index (χ3n) is 2.09. The molecule has 0 aliphatic heterocycles. The molecule has 18 heavy (non-hydrogen) atoms. The Bertz CT molecular complexity index is 378. The highest BCUT2D eigenvalue weighted by molar-refractivity contribution is 5.44. The van der Waals surface area contributed by atoms with Crippen LogP contribution in [-0.4, -0.2) is 47.7 Å². The van der Waals surface area contributed by atoms with Crippen molar-refractivity contribution >= 4 is 11.8 Å². The van der Waals surface area contributed by atoms with Gasteiger partial charge in [-0.25, -0.2) is 18.2 Å². The molecule has 0 bridgehead atoms. The smallest absolute Gasteiger partial charge is 0.255 e. The Labute approximate surface area is 103 Å². The first kappa shape index (κ1) is 14.5. The van der Waals surface area contributed by atoms with E-state index in [4.69, 9.17) is 5.11 Å². The van der Waals surface area contributed by atoms with Gasteiger partial charge in [0.2, 0.25) is 5.95 Å². The minimum atomic E-state index is -2.64. The van der Waals surface area contributed by atoms with E-state index in [-0.39, 0.29) is 24.9 Å². The van der Waals surface area contributed by atoms with Gasteiger partial charge in [0.1, 0.15) is 0 Å². The van der Waals surface area contributed by atoms with Crippen LogP contribution in [0.3, 0.4) is 0 Å². The molecule has 2 N–H and O–H groups in total. The van der Waals surface area contributed by atoms with Crippen LogP contribution in [0.15, 0.2) is 6.20 Å². The molecular formula is C10H15F3N4O. The minimum absolute atomic E-state index is 0.121. The highest BCUT2D eigenvalue weighted by Gasteiger charge is 2.18. The van der Waals surface area contributed by atoms with Crippen LogP contribution in [0.25, 0.3) is 0 Å². The quantitative estimate of drug-likeness (QED) is 0.772. The molecule has 1 rings (SSSR count). The lowest BCUT2D eigenvalue weighted by Gasteiger charge is -2.22. The number of aliphatic hydroxyl groups is 1. The first-order valence-electron chi connectivity index (χ1n) is 5.48. The van der Waals surface area contributed by atoms with Gasteiger partial charge in [0.15, 0.2) is 11.6 Å². The number of rotatable bonds is 7. The van der Waals surface area contributed by atoms with Crippen molar-refractivity contribution in [1.82, 2.24) is 9.97 Å². The average Bonchev–Trinajstić information content (AvgIpc) is 2.31. The molecule has 1 aromatic rings. The van der Waals surface area contributed by atoms with Crippen molar-refractivity contribution in [2.75, 3.05) is 36.5 Å². The van der Waals surface area contributed by atoms with Crippen molar-refractivity contribution < 1.29 is 18.3 Å². The van der Waals surface area contributed by atoms with Crippen LogP contribution in [0.2, 0.25) is 0 Å². The molecule has 0 amide bonds. The van der Waals surface area contributed by atoms with Gasteiger partial charge in [-0.3, -0.25) is 0 Å². The van der Waals surface area contributed by atoms with E-state index < -0.39 is 18.8 Å². The molecule has 0 unspecified atom stereocenters. The van der Waals surface area contributed by atoms with Gasteiger partial charge < -0.3 is 15.3 Å². The number of alkyl halides is 2. The second-order valence-corrected chi connectivity index (χ2v) is 3.46. The van der Waals surface area contributed by atoms with Crippen molar-refractivity contribution in [3.63, 3.8) is 0 Å². The highest BCUT2D eigenvalue weighted by Crippen LogP contribution is 2.18. The van der Waals surface area contributed by atoms with Crippen LogP contribution in [0, 0.1) is 5.82 Å². The van der Waals surface area contributed by atoms with Gasteiger partial charge in [-0.2, -0.15) is 4.98 Å². The van der Waals surface area contributed by atoms with E-state index in [9.17, 15) is 13.2 Å². The first-order valence-corrected chi connectivity index (χ1v) is 5.48. The van der Waals surface area contributed by atoms with Crippen LogP contribution in [-0.2, 0) is 0 Å². The first-order chi connectivity index (χ1) is 8.58. The number of hydrogen-bond acceptors (Lipinski definition) is 5. The number of halogens is 3. The summed E-state index contributed by atoms with van der Waals surface area (Å²) in [5.74, 6) is -0.882. The summed E-state index contributed by atoms with van der Waals surface area (Å²) in [6.07, 6.45) is -1.73. The Morgan fingerprint density at radius 2 is 2.22 bits per heavy atom. The van der Waals surface area contributed by atoms with Crippen molar-refractivity contribution in [1.29, 1.82) is 0 Å². The summed E-state index contributed by atoms with van der Waals surface area (Å²) in [6.45, 7) is 1.15. The summed E-state index contributed by atoms with van der Waals surface area (Å²) in [6, 6.07) is 0. The van der Waals surface area contributed by atoms with Crippen molar-refractivity contribution in [3.8, 4) is 0 Å². The number of nitrogens with zero attached hydrogens (tertiary/aromatic N) is 3. The molecule has 0 radical (unpaired) electrons. The van der Waals surface area contributed by atoms with E-state index in [2.05, 4.69) is 15.3 Å². The lowest BCUT2D eigenvalue weighted by molar-refractivity contribution is 0.152. The fourth-order valence-electron chi connectivity index (χ4n) is 1.39. The molecule has 0 aliphatic rings. The Kier molecular flexibility index (Phi) is 5.63. The normalized spacial score (nSPS) is 10.8. The predicted molar refractivity (Wildman–Crippen MR) is 61.5 cm³/mol. The van der Waals surface area contributed by atoms with Crippen LogP contribution in [0.5, 0.6) is 0 Å². The Morgan fingerprint density at radius 3 is 2.78 bits per heavy atom. The average molecular weight is 264 g/mol. The van der Waals surface area contributed by atoms with E-state index in [0.717, 1.165) is 11.1 Å². The van der Waals surface area contributed by atoms with E-state index in [1.165, 1.54) is 0 Å². The van der Waals surface area contributed by atoms with Crippen LogP contribution >= 0.6 is 0 Å². The molecular weight excluding hydrogens is 249 g/mol. The van der Waals surface area contributed by atoms with Crippen LogP contribution in [0.1, 0.15) is 6.92 Å². The van der Waals surface area contributed by atoms with E-state index >= 15 is 0 Å². The molecule has 0 saturated heterocycles. The van der Waals surface area contributed by atoms with Gasteiger partial charge in [0, 0.05) is 13.1 Å². The van der Waals surface area contributed by atoms with Crippen molar-refractivity contribution in [2.45, 2.75) is 13.3 Å². The van der Waals surface area contributed by atoms with Crippen LogP contribution in [0.4, 0.5) is 24.9 Å². The minimum Gasteiger partial charge on any atom is -0.395 e. The van der Waals surface area contributed by atoms with Gasteiger partial charge in [0.25, 0.3) is 6.43 Å². The Hall–Kier alpha value is -1.57. The zero-order valence-corrected chi connectivity index (χ0v) is 9.91. The summed E-state index contributed by atoms with van der Waals surface area (Å²) < 4.78 is 38.3. The second-order valence-electron chi connectivity index (χ2n) is 3.46. The summed E-state index contributed by atoms with van der Waals surface area (Å²) in [4.78, 5) is 8.48. The van der Waals surface area contributed by atoms with Gasteiger partial charge in [-0.15, -0.1) is 0 Å². The van der Waals surface area contributed by atoms with E-state index in [1.807, 2.05) is 0 Å². The third kappa shape index (κ3) is 4.02. The maximum atomic E-state index is 13.5. The number of hydrogen-bond donors (Lipinski definition) is 2. The third-order valence-corrected chi connectivity index (χ3v) is 2.09. The van der Waals surface area contributed by atoms with Gasteiger partial charge in [-0.05, 0) is 6.92 Å². The fourth-order valence-corrected chi connectivity index (χ4v) is 1.39. The van der Waals surface area contributed by atoms with Gasteiger partial charge in [0.05, 0.1) is 19.3 Å². The molecule has 0 spiro atoms. The molecule has 5 nitrogen and oxygen atoms in total. The van der Waals surface area contributed by atoms with Crippen molar-refractivity contribution in [3.05, 3.63) is 12.0 Å². The zero-order valence-electron chi connectivity index (χ0n) is 9.91. The highest BCUT2D eigenvalue weighted by atomic mass is 19.3. The van der Waals surface area contributed by atoms with Crippen molar-refractivity contribution in [2.24, 2.45) is 0 Å². The second kappa shape index (κ2) is 7.00. The standard InChI is InChI=1S/C10H15F3N4O/c1-2-14-10-15-5-7(11)9(16-10)17(3-4-18)6-8(12)13/h5,8,18H,2-4,6H2,1H3,(H,14,15,16). The van der Waals surface area contributed by atoms with Gasteiger partial charge >= 0.3 is 0 Å². The molecule has 0 aromatic carbocycles. The molecule has 1 aromatic heterocycles. The maximum absolute atomic E-state index is 13.5. The fraction of sp³-hybridized carbons (Fsp3) is 0.600. The van der Waals surface area contributed by atoms with E-state index in [1.54, 1.807) is 6.92 Å². The molecule has 8 heteroatoms. The lowest BCUT2D eigenvalue weighted by Crippen LogP contribution is -2.33. The summed E-state index contributed by atoms with van der Waals surface area (Å²) in [5, 5.41) is 11.6. The SMILES string of the molecule is CCNc1ncc(F)c(N(CCO)CC(F)F)n1. The molecule has 0 saturated carbocycles. The topological polar surface area (TPSA) is 61.3 Å². The maximum Gasteiger partial charge on any atom is 0.255 e. The number of anilines is 2. The van der Waals surface area contributed by atoms with Crippen LogP contribution < -0.4 is 10.2 Å². The zero-order chi connectivity index (χ0) is 13.5. The number of aromatic nitrogens is 2. The number of nitrogens with one attached hydrogen (secondary N) is 1. The summed E-state index contributed by atoms with van der Waals surface area (Å²) >= 11 is 0. The predicted octanol–water partition coefficient (Wildman–Crippen LogP) is 1.11. The van der Waals surface area contributed by atoms with Gasteiger partial charge in [-0.1, -0.05) is 0 Å². The lowest BCUT2D eigenvalue weighted by atomic mass is 10.4. The number of aliphatic hydroxyl groups excluding tert-OH is 1. The molecule has 0 atom stereocenters. The Balaban J connectivity index is 2.97. The Morgan fingerprint density at radius 1 is 1.50 bits per heavy atom.